The zero-order chi connectivity index (χ0) is 14.4. The van der Waals surface area contributed by atoms with Crippen molar-refractivity contribution in [3.8, 4) is 0 Å². The molecule has 0 radical (unpaired) electrons. The third-order valence-electron chi connectivity index (χ3n) is 2.73. The van der Waals surface area contributed by atoms with Gasteiger partial charge in [-0.15, -0.1) is 0 Å². The summed E-state index contributed by atoms with van der Waals surface area (Å²) in [6, 6.07) is 0. The van der Waals surface area contributed by atoms with Gasteiger partial charge in [0.25, 0.3) is 0 Å². The van der Waals surface area contributed by atoms with Crippen molar-refractivity contribution in [2.45, 2.75) is 52.6 Å². The molecular weight excluding hydrogens is 247 g/mol. The fraction of sp³-hybridized carbons (Fsp3) is 0.833. The number of halogens is 3. The molecule has 0 bridgehead atoms. The van der Waals surface area contributed by atoms with Gasteiger partial charge in [-0.25, -0.2) is 0 Å². The molecule has 0 aromatic carbocycles. The summed E-state index contributed by atoms with van der Waals surface area (Å²) in [6.07, 6.45) is -2.51. The van der Waals surface area contributed by atoms with Crippen molar-refractivity contribution in [3.63, 3.8) is 0 Å². The lowest BCUT2D eigenvalue weighted by Crippen LogP contribution is -2.37. The standard InChI is InChI=1S/C12H20F3NO2/c1-9(17)5-7-11(2,3)6-4-8-16-10(18)12(13,14)15/h4-8H2,1-3H3,(H,16,18). The molecule has 18 heavy (non-hydrogen) atoms. The lowest BCUT2D eigenvalue weighted by molar-refractivity contribution is -0.173. The third kappa shape index (κ3) is 8.08. The number of hydrogen-bond donors (Lipinski definition) is 1. The number of carbonyl (C=O) groups is 2. The van der Waals surface area contributed by atoms with E-state index in [1.807, 2.05) is 19.2 Å². The van der Waals surface area contributed by atoms with E-state index in [0.29, 0.717) is 25.7 Å². The maximum absolute atomic E-state index is 11.9. The molecular formula is C12H20F3NO2. The van der Waals surface area contributed by atoms with Gasteiger partial charge in [-0.1, -0.05) is 13.8 Å². The van der Waals surface area contributed by atoms with Crippen LogP contribution in [0.25, 0.3) is 0 Å². The fourth-order valence-electron chi connectivity index (χ4n) is 1.51. The molecule has 0 aromatic heterocycles. The molecule has 0 aliphatic rings. The molecule has 0 fully saturated rings. The predicted molar refractivity (Wildman–Crippen MR) is 62.0 cm³/mol. The minimum absolute atomic E-state index is 0.00183. The van der Waals surface area contributed by atoms with Crippen molar-refractivity contribution in [2.24, 2.45) is 5.41 Å². The number of nitrogens with one attached hydrogen (secondary N) is 1. The minimum Gasteiger partial charge on any atom is -0.348 e. The highest BCUT2D eigenvalue weighted by Crippen LogP contribution is 2.28. The first-order chi connectivity index (χ1) is 8.04. The van der Waals surface area contributed by atoms with Crippen molar-refractivity contribution in [1.82, 2.24) is 5.32 Å². The van der Waals surface area contributed by atoms with Crippen molar-refractivity contribution in [3.05, 3.63) is 0 Å². The second-order valence-electron chi connectivity index (χ2n) is 5.22. The van der Waals surface area contributed by atoms with E-state index in [1.165, 1.54) is 6.92 Å². The Morgan fingerprint density at radius 1 is 1.11 bits per heavy atom. The van der Waals surface area contributed by atoms with Gasteiger partial charge in [0.15, 0.2) is 0 Å². The Morgan fingerprint density at radius 2 is 1.67 bits per heavy atom. The van der Waals surface area contributed by atoms with E-state index < -0.39 is 12.1 Å². The van der Waals surface area contributed by atoms with Crippen LogP contribution in [0, 0.1) is 5.41 Å². The number of rotatable bonds is 7. The van der Waals surface area contributed by atoms with Crippen LogP contribution >= 0.6 is 0 Å². The Hall–Kier alpha value is -1.07. The molecule has 0 atom stereocenters. The van der Waals surface area contributed by atoms with E-state index in [4.69, 9.17) is 0 Å². The van der Waals surface area contributed by atoms with Crippen molar-refractivity contribution in [1.29, 1.82) is 0 Å². The van der Waals surface area contributed by atoms with Crippen LogP contribution in [-0.4, -0.2) is 24.4 Å². The average Bonchev–Trinajstić information content (AvgIpc) is 2.20. The van der Waals surface area contributed by atoms with Crippen LogP contribution in [0.15, 0.2) is 0 Å². The Kier molecular flexibility index (Phi) is 6.35. The van der Waals surface area contributed by atoms with E-state index in [1.54, 1.807) is 0 Å². The first-order valence-electron chi connectivity index (χ1n) is 5.89. The second-order valence-corrected chi connectivity index (χ2v) is 5.22. The molecule has 0 heterocycles. The summed E-state index contributed by atoms with van der Waals surface area (Å²) in [5, 5.41) is 1.83. The summed E-state index contributed by atoms with van der Waals surface area (Å²) in [4.78, 5) is 21.4. The van der Waals surface area contributed by atoms with Gasteiger partial charge in [-0.3, -0.25) is 4.79 Å². The lowest BCUT2D eigenvalue weighted by atomic mass is 9.82. The number of alkyl halides is 3. The first kappa shape index (κ1) is 16.9. The summed E-state index contributed by atoms with van der Waals surface area (Å²) < 4.78 is 35.6. The molecule has 0 aliphatic heterocycles. The number of ketones is 1. The molecule has 106 valence electrons. The number of amides is 1. The van der Waals surface area contributed by atoms with Crippen LogP contribution in [0.3, 0.4) is 0 Å². The maximum Gasteiger partial charge on any atom is 0.471 e. The van der Waals surface area contributed by atoms with Gasteiger partial charge in [0.05, 0.1) is 0 Å². The average molecular weight is 267 g/mol. The summed E-state index contributed by atoms with van der Waals surface area (Å²) in [5.41, 5.74) is -0.103. The smallest absolute Gasteiger partial charge is 0.348 e. The van der Waals surface area contributed by atoms with Crippen LogP contribution in [-0.2, 0) is 9.59 Å². The van der Waals surface area contributed by atoms with Gasteiger partial charge in [0, 0.05) is 13.0 Å². The van der Waals surface area contributed by atoms with Gasteiger partial charge < -0.3 is 10.1 Å². The molecule has 6 heteroatoms. The summed E-state index contributed by atoms with van der Waals surface area (Å²) in [7, 11) is 0. The Morgan fingerprint density at radius 3 is 2.11 bits per heavy atom. The largest absolute Gasteiger partial charge is 0.471 e. The zero-order valence-electron chi connectivity index (χ0n) is 11.0. The Bertz CT molecular complexity index is 298. The predicted octanol–water partition coefficient (Wildman–Crippen LogP) is 2.84. The van der Waals surface area contributed by atoms with Crippen molar-refractivity contribution in [2.75, 3.05) is 6.54 Å². The molecule has 0 aliphatic carbocycles. The molecule has 0 rings (SSSR count). The molecule has 0 unspecified atom stereocenters. The van der Waals surface area contributed by atoms with E-state index in [9.17, 15) is 22.8 Å². The topological polar surface area (TPSA) is 46.2 Å². The number of hydrogen-bond acceptors (Lipinski definition) is 2. The van der Waals surface area contributed by atoms with Gasteiger partial charge in [0.2, 0.25) is 0 Å². The maximum atomic E-state index is 11.9. The lowest BCUT2D eigenvalue weighted by Gasteiger charge is -2.24. The molecule has 0 saturated carbocycles. The minimum atomic E-state index is -4.82. The van der Waals surface area contributed by atoms with Crippen LogP contribution in [0.2, 0.25) is 0 Å². The molecule has 3 nitrogen and oxygen atoms in total. The monoisotopic (exact) mass is 267 g/mol. The van der Waals surface area contributed by atoms with Crippen molar-refractivity contribution >= 4 is 11.7 Å². The molecule has 0 spiro atoms. The molecule has 0 aromatic rings. The molecule has 1 N–H and O–H groups in total. The van der Waals surface area contributed by atoms with Crippen molar-refractivity contribution < 1.29 is 22.8 Å². The number of carbonyl (C=O) groups excluding carboxylic acids is 2. The van der Waals surface area contributed by atoms with Gasteiger partial charge >= 0.3 is 12.1 Å². The van der Waals surface area contributed by atoms with Crippen LogP contribution in [0.4, 0.5) is 13.2 Å². The van der Waals surface area contributed by atoms with Crippen LogP contribution in [0.1, 0.15) is 46.5 Å². The highest BCUT2D eigenvalue weighted by Gasteiger charge is 2.38. The highest BCUT2D eigenvalue weighted by atomic mass is 19.4. The zero-order valence-corrected chi connectivity index (χ0v) is 11.0. The summed E-state index contributed by atoms with van der Waals surface area (Å²) >= 11 is 0. The number of Topliss-reactive ketones (excluding diaryl/α,β-unsaturated/α-hetero) is 1. The third-order valence-corrected chi connectivity index (χ3v) is 2.73. The summed E-state index contributed by atoms with van der Waals surface area (Å²) in [5.74, 6) is -1.79. The Balaban J connectivity index is 3.83. The van der Waals surface area contributed by atoms with E-state index in [2.05, 4.69) is 0 Å². The van der Waals surface area contributed by atoms with Gasteiger partial charge in [-0.05, 0) is 31.6 Å². The fourth-order valence-corrected chi connectivity index (χ4v) is 1.51. The quantitative estimate of drug-likeness (QED) is 0.721. The first-order valence-corrected chi connectivity index (χ1v) is 5.89. The molecule has 0 saturated heterocycles. The van der Waals surface area contributed by atoms with Crippen LogP contribution < -0.4 is 5.32 Å². The van der Waals surface area contributed by atoms with E-state index in [0.717, 1.165) is 0 Å². The Labute approximate surface area is 105 Å². The van der Waals surface area contributed by atoms with E-state index >= 15 is 0 Å². The normalized spacial score (nSPS) is 12.3. The van der Waals surface area contributed by atoms with E-state index in [-0.39, 0.29) is 17.7 Å². The van der Waals surface area contributed by atoms with Crippen LogP contribution in [0.5, 0.6) is 0 Å². The van der Waals surface area contributed by atoms with Gasteiger partial charge in [0.1, 0.15) is 5.78 Å². The SMILES string of the molecule is CC(=O)CCC(C)(C)CCCNC(=O)C(F)(F)F. The second kappa shape index (κ2) is 6.75. The van der Waals surface area contributed by atoms with Gasteiger partial charge in [-0.2, -0.15) is 13.2 Å². The highest BCUT2D eigenvalue weighted by molar-refractivity contribution is 5.81. The molecule has 1 amide bonds. The summed E-state index contributed by atoms with van der Waals surface area (Å²) in [6.45, 7) is 5.44.